The van der Waals surface area contributed by atoms with Crippen molar-refractivity contribution in [1.82, 2.24) is 20.2 Å². The van der Waals surface area contributed by atoms with Crippen molar-refractivity contribution in [3.05, 3.63) is 58.8 Å². The van der Waals surface area contributed by atoms with Crippen molar-refractivity contribution in [2.24, 2.45) is 0 Å². The number of anilines is 1. The van der Waals surface area contributed by atoms with Gasteiger partial charge in [0, 0.05) is 55.7 Å². The van der Waals surface area contributed by atoms with Gasteiger partial charge in [0.05, 0.1) is 0 Å². The zero-order chi connectivity index (χ0) is 18.9. The van der Waals surface area contributed by atoms with E-state index in [1.807, 2.05) is 36.4 Å². The van der Waals surface area contributed by atoms with Crippen LogP contribution in [0, 0.1) is 0 Å². The first-order valence-electron chi connectivity index (χ1n) is 9.17. The fourth-order valence-electron chi connectivity index (χ4n) is 2.97. The minimum atomic E-state index is -0.0585. The summed E-state index contributed by atoms with van der Waals surface area (Å²) < 4.78 is 0.981. The quantitative estimate of drug-likeness (QED) is 0.541. The van der Waals surface area contributed by atoms with Gasteiger partial charge in [-0.1, -0.05) is 34.1 Å². The number of aromatic nitrogens is 2. The lowest BCUT2D eigenvalue weighted by Gasteiger charge is -2.34. The number of piperazine rings is 1. The van der Waals surface area contributed by atoms with Crippen LogP contribution in [0.3, 0.4) is 0 Å². The van der Waals surface area contributed by atoms with Gasteiger partial charge in [-0.25, -0.2) is 9.97 Å². The number of carbonyl (C=O) groups excluding carboxylic acids is 1. The van der Waals surface area contributed by atoms with Gasteiger partial charge in [0.25, 0.3) is 0 Å². The Kier molecular flexibility index (Phi) is 7.36. The maximum atomic E-state index is 11.9. The molecule has 142 valence electrons. The van der Waals surface area contributed by atoms with Gasteiger partial charge in [0.2, 0.25) is 11.9 Å². The molecule has 6 nitrogen and oxygen atoms in total. The van der Waals surface area contributed by atoms with E-state index in [0.29, 0.717) is 6.54 Å². The molecule has 2 heterocycles. The molecule has 0 saturated carbocycles. The summed E-state index contributed by atoms with van der Waals surface area (Å²) in [5, 5.41) is 2.95. The summed E-state index contributed by atoms with van der Waals surface area (Å²) in [6.07, 6.45) is 7.91. The molecular weight excluding hydrogens is 406 g/mol. The van der Waals surface area contributed by atoms with E-state index in [0.717, 1.165) is 55.1 Å². The van der Waals surface area contributed by atoms with Crippen LogP contribution < -0.4 is 10.2 Å². The lowest BCUT2D eigenvalue weighted by molar-refractivity contribution is -0.116. The SMILES string of the molecule is O=C(/C=C/c1ccccc1Br)NCCCN1CCN(c2ncccn2)CC1. The van der Waals surface area contributed by atoms with Crippen LogP contribution in [-0.4, -0.2) is 60.0 Å². The number of amides is 1. The van der Waals surface area contributed by atoms with Crippen LogP contribution >= 0.6 is 15.9 Å². The zero-order valence-electron chi connectivity index (χ0n) is 15.2. The van der Waals surface area contributed by atoms with E-state index in [1.165, 1.54) is 0 Å². The number of nitrogens with zero attached hydrogens (tertiary/aromatic N) is 4. The van der Waals surface area contributed by atoms with Gasteiger partial charge < -0.3 is 10.2 Å². The number of nitrogens with one attached hydrogen (secondary N) is 1. The van der Waals surface area contributed by atoms with Crippen molar-refractivity contribution >= 4 is 33.9 Å². The Morgan fingerprint density at radius 2 is 1.85 bits per heavy atom. The summed E-state index contributed by atoms with van der Waals surface area (Å²) in [7, 11) is 0. The average molecular weight is 430 g/mol. The third-order valence-corrected chi connectivity index (χ3v) is 5.20. The highest BCUT2D eigenvalue weighted by Crippen LogP contribution is 2.16. The minimum absolute atomic E-state index is 0.0585. The van der Waals surface area contributed by atoms with Crippen molar-refractivity contribution in [1.29, 1.82) is 0 Å². The van der Waals surface area contributed by atoms with Crippen molar-refractivity contribution in [3.63, 3.8) is 0 Å². The van der Waals surface area contributed by atoms with Crippen LogP contribution in [-0.2, 0) is 4.79 Å². The second kappa shape index (κ2) is 10.2. The van der Waals surface area contributed by atoms with Crippen molar-refractivity contribution in [3.8, 4) is 0 Å². The molecule has 0 spiro atoms. The highest BCUT2D eigenvalue weighted by atomic mass is 79.9. The first kappa shape index (κ1) is 19.5. The standard InChI is InChI=1S/C20H24BrN5O/c21-18-6-2-1-5-17(18)7-8-19(27)22-11-4-12-25-13-15-26(16-14-25)20-23-9-3-10-24-20/h1-3,5-10H,4,11-16H2,(H,22,27)/b8-7+. The van der Waals surface area contributed by atoms with Gasteiger partial charge in [-0.15, -0.1) is 0 Å². The monoisotopic (exact) mass is 429 g/mol. The van der Waals surface area contributed by atoms with Gasteiger partial charge >= 0.3 is 0 Å². The Hall–Kier alpha value is -2.25. The third-order valence-electron chi connectivity index (χ3n) is 4.48. The van der Waals surface area contributed by atoms with Gasteiger partial charge in [0.15, 0.2) is 0 Å². The molecule has 1 aliphatic heterocycles. The lowest BCUT2D eigenvalue weighted by atomic mass is 10.2. The maximum Gasteiger partial charge on any atom is 0.244 e. The van der Waals surface area contributed by atoms with E-state index < -0.39 is 0 Å². The van der Waals surface area contributed by atoms with Gasteiger partial charge in [-0.05, 0) is 36.7 Å². The molecule has 0 atom stereocenters. The second-order valence-electron chi connectivity index (χ2n) is 6.38. The zero-order valence-corrected chi connectivity index (χ0v) is 16.8. The smallest absolute Gasteiger partial charge is 0.244 e. The molecule has 0 bridgehead atoms. The normalized spacial score (nSPS) is 15.2. The summed E-state index contributed by atoms with van der Waals surface area (Å²) in [6, 6.07) is 9.66. The van der Waals surface area contributed by atoms with Gasteiger partial charge in [0.1, 0.15) is 0 Å². The minimum Gasteiger partial charge on any atom is -0.353 e. The summed E-state index contributed by atoms with van der Waals surface area (Å²) in [6.45, 7) is 5.53. The summed E-state index contributed by atoms with van der Waals surface area (Å²) in [5.41, 5.74) is 0.993. The molecule has 27 heavy (non-hydrogen) atoms. The number of hydrogen-bond acceptors (Lipinski definition) is 5. The number of rotatable bonds is 7. The molecule has 1 N–H and O–H groups in total. The number of carbonyl (C=O) groups is 1. The fourth-order valence-corrected chi connectivity index (χ4v) is 3.39. The van der Waals surface area contributed by atoms with Crippen LogP contribution in [0.1, 0.15) is 12.0 Å². The summed E-state index contributed by atoms with van der Waals surface area (Å²) >= 11 is 3.47. The topological polar surface area (TPSA) is 61.4 Å². The summed E-state index contributed by atoms with van der Waals surface area (Å²) in [4.78, 5) is 25.2. The molecule has 0 aliphatic carbocycles. The molecule has 7 heteroatoms. The molecule has 2 aromatic rings. The number of hydrogen-bond donors (Lipinski definition) is 1. The third kappa shape index (κ3) is 6.15. The highest BCUT2D eigenvalue weighted by Gasteiger charge is 2.18. The van der Waals surface area contributed by atoms with Crippen LogP contribution in [0.2, 0.25) is 0 Å². The first-order valence-corrected chi connectivity index (χ1v) is 9.96. The second-order valence-corrected chi connectivity index (χ2v) is 7.23. The Labute approximate surface area is 168 Å². The summed E-state index contributed by atoms with van der Waals surface area (Å²) in [5.74, 6) is 0.748. The van der Waals surface area contributed by atoms with Gasteiger partial charge in [-0.2, -0.15) is 0 Å². The lowest BCUT2D eigenvalue weighted by Crippen LogP contribution is -2.47. The first-order chi connectivity index (χ1) is 13.2. The molecule has 3 rings (SSSR count). The predicted octanol–water partition coefficient (Wildman–Crippen LogP) is 2.58. The van der Waals surface area contributed by atoms with Crippen molar-refractivity contribution in [2.75, 3.05) is 44.2 Å². The molecule has 1 aromatic heterocycles. The Bertz CT molecular complexity index is 760. The van der Waals surface area contributed by atoms with Crippen LogP contribution in [0.5, 0.6) is 0 Å². The Balaban J connectivity index is 1.32. The molecule has 0 unspecified atom stereocenters. The molecule has 1 fully saturated rings. The predicted molar refractivity (Wildman–Crippen MR) is 111 cm³/mol. The van der Waals surface area contributed by atoms with Crippen molar-refractivity contribution in [2.45, 2.75) is 6.42 Å². The molecule has 1 aromatic carbocycles. The van der Waals surface area contributed by atoms with E-state index in [4.69, 9.17) is 0 Å². The number of benzene rings is 1. The molecule has 1 saturated heterocycles. The van der Waals surface area contributed by atoms with Crippen LogP contribution in [0.4, 0.5) is 5.95 Å². The Morgan fingerprint density at radius 1 is 1.11 bits per heavy atom. The fraction of sp³-hybridized carbons (Fsp3) is 0.350. The molecular formula is C20H24BrN5O. The van der Waals surface area contributed by atoms with E-state index in [9.17, 15) is 4.79 Å². The van der Waals surface area contributed by atoms with Crippen LogP contribution in [0.15, 0.2) is 53.3 Å². The van der Waals surface area contributed by atoms with Crippen LogP contribution in [0.25, 0.3) is 6.08 Å². The van der Waals surface area contributed by atoms with E-state index in [1.54, 1.807) is 18.5 Å². The molecule has 1 aliphatic rings. The average Bonchev–Trinajstić information content (AvgIpc) is 2.72. The largest absolute Gasteiger partial charge is 0.353 e. The number of halogens is 1. The van der Waals surface area contributed by atoms with E-state index >= 15 is 0 Å². The Morgan fingerprint density at radius 3 is 2.59 bits per heavy atom. The highest BCUT2D eigenvalue weighted by molar-refractivity contribution is 9.10. The van der Waals surface area contributed by atoms with Crippen molar-refractivity contribution < 1.29 is 4.79 Å². The van der Waals surface area contributed by atoms with Gasteiger partial charge in [-0.3, -0.25) is 9.69 Å². The van der Waals surface area contributed by atoms with E-state index in [2.05, 4.69) is 41.0 Å². The maximum absolute atomic E-state index is 11.9. The molecule has 0 radical (unpaired) electrons. The van der Waals surface area contributed by atoms with E-state index in [-0.39, 0.29) is 5.91 Å². The molecule has 1 amide bonds.